The normalized spacial score (nSPS) is 9.44. The Morgan fingerprint density at radius 1 is 1.56 bits per heavy atom. The highest BCUT2D eigenvalue weighted by Gasteiger charge is 1.87. The van der Waals surface area contributed by atoms with E-state index >= 15 is 0 Å². The highest BCUT2D eigenvalue weighted by molar-refractivity contribution is 14.1. The molecule has 9 heavy (non-hydrogen) atoms. The molecule has 1 rings (SSSR count). The van der Waals surface area contributed by atoms with Crippen LogP contribution in [0.25, 0.3) is 0 Å². The molecule has 0 aliphatic carbocycles. The average molecular weight is 234 g/mol. The second-order valence-corrected chi connectivity index (χ2v) is 2.49. The monoisotopic (exact) mass is 234 g/mol. The van der Waals surface area contributed by atoms with Crippen molar-refractivity contribution in [1.29, 1.82) is 0 Å². The van der Waals surface area contributed by atoms with Gasteiger partial charge in [-0.1, -0.05) is 28.7 Å². The lowest BCUT2D eigenvalue weighted by molar-refractivity contribution is 1.27. The van der Waals surface area contributed by atoms with E-state index < -0.39 is 0 Å². The number of rotatable bonds is 1. The summed E-state index contributed by atoms with van der Waals surface area (Å²) in [5.74, 6) is 0.587. The van der Waals surface area contributed by atoms with Gasteiger partial charge in [0.25, 0.3) is 0 Å². The molecule has 0 atom stereocenters. The third kappa shape index (κ3) is 1.82. The van der Waals surface area contributed by atoms with Crippen LogP contribution < -0.4 is 5.73 Å². The first-order valence-electron chi connectivity index (χ1n) is 2.59. The average Bonchev–Trinajstić information content (AvgIpc) is 1.90. The van der Waals surface area contributed by atoms with E-state index in [2.05, 4.69) is 27.6 Å². The maximum absolute atomic E-state index is 5.37. The molecule has 1 aromatic heterocycles. The van der Waals surface area contributed by atoms with E-state index in [1.807, 2.05) is 12.1 Å². The lowest BCUT2D eigenvalue weighted by Crippen LogP contribution is -1.88. The molecule has 0 fully saturated rings. The zero-order valence-corrected chi connectivity index (χ0v) is 7.00. The minimum Gasteiger partial charge on any atom is -0.384 e. The number of alkyl halides is 1. The van der Waals surface area contributed by atoms with Crippen molar-refractivity contribution in [3.05, 3.63) is 23.9 Å². The Bertz CT molecular complexity index is 183. The summed E-state index contributed by atoms with van der Waals surface area (Å²) in [6.07, 6.45) is 1.79. The molecule has 3 heteroatoms. The van der Waals surface area contributed by atoms with Gasteiger partial charge in [-0.3, -0.25) is 0 Å². The third-order valence-corrected chi connectivity index (χ3v) is 1.88. The standard InChI is InChI=1S/C6H7IN2/c7-3-5-1-2-6(8)9-4-5/h1-2,4H,3H2,(H2,8,9). The van der Waals surface area contributed by atoms with Crippen LogP contribution in [-0.2, 0) is 4.43 Å². The zero-order valence-electron chi connectivity index (χ0n) is 4.84. The van der Waals surface area contributed by atoms with Gasteiger partial charge in [-0.05, 0) is 11.6 Å². The number of halogens is 1. The highest BCUT2D eigenvalue weighted by Crippen LogP contribution is 2.04. The highest BCUT2D eigenvalue weighted by atomic mass is 127. The van der Waals surface area contributed by atoms with Crippen LogP contribution in [0.15, 0.2) is 18.3 Å². The number of anilines is 1. The van der Waals surface area contributed by atoms with Gasteiger partial charge < -0.3 is 5.73 Å². The maximum Gasteiger partial charge on any atom is 0.123 e. The van der Waals surface area contributed by atoms with Crippen LogP contribution in [0.4, 0.5) is 5.82 Å². The molecule has 0 aromatic carbocycles. The molecule has 2 N–H and O–H groups in total. The number of nitrogen functional groups attached to an aromatic ring is 1. The van der Waals surface area contributed by atoms with Gasteiger partial charge in [0.2, 0.25) is 0 Å². The second-order valence-electron chi connectivity index (χ2n) is 1.72. The first kappa shape index (κ1) is 6.80. The van der Waals surface area contributed by atoms with E-state index in [4.69, 9.17) is 5.73 Å². The van der Waals surface area contributed by atoms with Gasteiger partial charge in [0.15, 0.2) is 0 Å². The van der Waals surface area contributed by atoms with Crippen LogP contribution in [0.1, 0.15) is 5.56 Å². The molecule has 0 saturated heterocycles. The van der Waals surface area contributed by atoms with Crippen LogP contribution in [0, 0.1) is 0 Å². The Morgan fingerprint density at radius 2 is 2.33 bits per heavy atom. The van der Waals surface area contributed by atoms with Crippen LogP contribution in [0.2, 0.25) is 0 Å². The predicted molar refractivity (Wildman–Crippen MR) is 46.4 cm³/mol. The van der Waals surface area contributed by atoms with E-state index in [0.29, 0.717) is 5.82 Å². The Balaban J connectivity index is 2.88. The van der Waals surface area contributed by atoms with Gasteiger partial charge in [-0.25, -0.2) is 4.98 Å². The molecule has 0 aliphatic rings. The van der Waals surface area contributed by atoms with Crippen LogP contribution in [-0.4, -0.2) is 4.98 Å². The molecule has 0 bridgehead atoms. The Hall–Kier alpha value is -0.320. The molecule has 1 aromatic rings. The molecular formula is C6H7IN2. The maximum atomic E-state index is 5.37. The molecule has 0 unspecified atom stereocenters. The van der Waals surface area contributed by atoms with Gasteiger partial charge >= 0.3 is 0 Å². The zero-order chi connectivity index (χ0) is 6.69. The molecule has 1 heterocycles. The first-order chi connectivity index (χ1) is 4.33. The molecule has 48 valence electrons. The van der Waals surface area contributed by atoms with Gasteiger partial charge in [0.05, 0.1) is 0 Å². The van der Waals surface area contributed by atoms with Crippen LogP contribution in [0.5, 0.6) is 0 Å². The summed E-state index contributed by atoms with van der Waals surface area (Å²) in [4.78, 5) is 3.92. The van der Waals surface area contributed by atoms with Gasteiger partial charge in [0, 0.05) is 10.6 Å². The molecule has 0 aliphatic heterocycles. The molecular weight excluding hydrogens is 227 g/mol. The summed E-state index contributed by atoms with van der Waals surface area (Å²) >= 11 is 2.28. The molecule has 0 radical (unpaired) electrons. The van der Waals surface area contributed by atoms with Crippen molar-refractivity contribution < 1.29 is 0 Å². The summed E-state index contributed by atoms with van der Waals surface area (Å²) in [7, 11) is 0. The Morgan fingerprint density at radius 3 is 2.78 bits per heavy atom. The van der Waals surface area contributed by atoms with Crippen molar-refractivity contribution >= 4 is 28.4 Å². The largest absolute Gasteiger partial charge is 0.384 e. The third-order valence-electron chi connectivity index (χ3n) is 1.00. The number of pyridine rings is 1. The molecule has 2 nitrogen and oxygen atoms in total. The number of nitrogens with two attached hydrogens (primary N) is 1. The summed E-state index contributed by atoms with van der Waals surface area (Å²) in [6.45, 7) is 0. The molecule has 0 spiro atoms. The quantitative estimate of drug-likeness (QED) is 0.592. The van der Waals surface area contributed by atoms with Crippen molar-refractivity contribution in [1.82, 2.24) is 4.98 Å². The van der Waals surface area contributed by atoms with E-state index in [-0.39, 0.29) is 0 Å². The van der Waals surface area contributed by atoms with Crippen molar-refractivity contribution in [2.24, 2.45) is 0 Å². The van der Waals surface area contributed by atoms with Crippen molar-refractivity contribution in [2.45, 2.75) is 4.43 Å². The first-order valence-corrected chi connectivity index (χ1v) is 4.12. The summed E-state index contributed by atoms with van der Waals surface area (Å²) in [5, 5.41) is 0. The number of aromatic nitrogens is 1. The van der Waals surface area contributed by atoms with Gasteiger partial charge in [-0.2, -0.15) is 0 Å². The van der Waals surface area contributed by atoms with Crippen molar-refractivity contribution in [3.63, 3.8) is 0 Å². The lowest BCUT2D eigenvalue weighted by Gasteiger charge is -1.92. The van der Waals surface area contributed by atoms with Gasteiger partial charge in [0.1, 0.15) is 5.82 Å². The Labute approximate surface area is 67.6 Å². The summed E-state index contributed by atoms with van der Waals surface area (Å²) in [5.41, 5.74) is 6.58. The molecule has 0 saturated carbocycles. The van der Waals surface area contributed by atoms with Crippen LogP contribution in [0.3, 0.4) is 0 Å². The fourth-order valence-corrected chi connectivity index (χ4v) is 0.966. The van der Waals surface area contributed by atoms with E-state index in [1.165, 1.54) is 5.56 Å². The minimum atomic E-state index is 0.587. The summed E-state index contributed by atoms with van der Waals surface area (Å²) < 4.78 is 0.991. The lowest BCUT2D eigenvalue weighted by atomic mass is 10.3. The van der Waals surface area contributed by atoms with Crippen molar-refractivity contribution in [2.75, 3.05) is 5.73 Å². The second kappa shape index (κ2) is 3.00. The summed E-state index contributed by atoms with van der Waals surface area (Å²) in [6, 6.07) is 3.79. The SMILES string of the molecule is Nc1ccc(CI)cn1. The van der Waals surface area contributed by atoms with Crippen LogP contribution >= 0.6 is 22.6 Å². The Kier molecular flexibility index (Phi) is 2.27. The number of nitrogens with zero attached hydrogens (tertiary/aromatic N) is 1. The van der Waals surface area contributed by atoms with Gasteiger partial charge in [-0.15, -0.1) is 0 Å². The number of hydrogen-bond donors (Lipinski definition) is 1. The fraction of sp³-hybridized carbons (Fsp3) is 0.167. The van der Waals surface area contributed by atoms with E-state index in [9.17, 15) is 0 Å². The van der Waals surface area contributed by atoms with E-state index in [1.54, 1.807) is 6.20 Å². The minimum absolute atomic E-state index is 0.587. The topological polar surface area (TPSA) is 38.9 Å². The molecule has 0 amide bonds. The van der Waals surface area contributed by atoms with Crippen molar-refractivity contribution in [3.8, 4) is 0 Å². The smallest absolute Gasteiger partial charge is 0.123 e. The fourth-order valence-electron chi connectivity index (χ4n) is 0.515. The predicted octanol–water partition coefficient (Wildman–Crippen LogP) is 1.60. The van der Waals surface area contributed by atoms with E-state index in [0.717, 1.165) is 4.43 Å². The number of hydrogen-bond acceptors (Lipinski definition) is 2.